The summed E-state index contributed by atoms with van der Waals surface area (Å²) < 4.78 is 0. The number of carbonyl (C=O) groups excluding carboxylic acids is 4. The van der Waals surface area contributed by atoms with Crippen molar-refractivity contribution >= 4 is 23.6 Å². The summed E-state index contributed by atoms with van der Waals surface area (Å²) in [6.45, 7) is 8.88. The molecule has 6 heteroatoms. The van der Waals surface area contributed by atoms with Gasteiger partial charge in [-0.15, -0.1) is 0 Å². The Balaban J connectivity index is 1.49. The monoisotopic (exact) mass is 458 g/mol. The third-order valence-corrected chi connectivity index (χ3v) is 7.98. The van der Waals surface area contributed by atoms with Crippen LogP contribution in [-0.4, -0.2) is 46.5 Å². The Morgan fingerprint density at radius 1 is 0.765 bits per heavy atom. The van der Waals surface area contributed by atoms with Gasteiger partial charge in [0.2, 0.25) is 0 Å². The van der Waals surface area contributed by atoms with Gasteiger partial charge in [0.1, 0.15) is 0 Å². The average Bonchev–Trinajstić information content (AvgIpc) is 3.17. The predicted octanol–water partition coefficient (Wildman–Crippen LogP) is 5.17. The standard InChI is InChI=1S/C28H30N2O4/c1-6-28(4)14-18(13-27(2,3)15-28)30-25(33)20-10-8-17(12-22(20)26(30)34)16-7-9-19-21(11-16)24(32)29(5)23(19)31/h7-12,18H,6,13-15H2,1-5H3. The van der Waals surface area contributed by atoms with Gasteiger partial charge in [-0.25, -0.2) is 0 Å². The van der Waals surface area contributed by atoms with E-state index in [1.54, 1.807) is 36.4 Å². The Kier molecular flexibility index (Phi) is 4.87. The molecule has 2 heterocycles. The molecule has 0 spiro atoms. The number of hydrogen-bond acceptors (Lipinski definition) is 4. The molecular weight excluding hydrogens is 428 g/mol. The van der Waals surface area contributed by atoms with E-state index in [4.69, 9.17) is 0 Å². The number of imide groups is 2. The highest BCUT2D eigenvalue weighted by molar-refractivity contribution is 6.23. The minimum atomic E-state index is -0.334. The molecule has 3 aliphatic rings. The number of benzene rings is 2. The molecule has 2 aromatic carbocycles. The maximum absolute atomic E-state index is 13.5. The van der Waals surface area contributed by atoms with Crippen LogP contribution >= 0.6 is 0 Å². The fraction of sp³-hybridized carbons (Fsp3) is 0.429. The Hall–Kier alpha value is -3.28. The lowest BCUT2D eigenvalue weighted by Gasteiger charge is -2.48. The number of carbonyl (C=O) groups is 4. The highest BCUT2D eigenvalue weighted by Crippen LogP contribution is 2.50. The summed E-state index contributed by atoms with van der Waals surface area (Å²) in [6, 6.07) is 10.3. The van der Waals surface area contributed by atoms with E-state index in [0.29, 0.717) is 22.3 Å². The molecule has 0 bridgehead atoms. The molecule has 0 saturated heterocycles. The molecule has 34 heavy (non-hydrogen) atoms. The third-order valence-electron chi connectivity index (χ3n) is 7.98. The van der Waals surface area contributed by atoms with Crippen LogP contribution in [0.1, 0.15) is 94.8 Å². The van der Waals surface area contributed by atoms with Crippen molar-refractivity contribution in [2.45, 2.75) is 59.4 Å². The number of nitrogens with zero attached hydrogens (tertiary/aromatic N) is 2. The van der Waals surface area contributed by atoms with Crippen LogP contribution < -0.4 is 0 Å². The topological polar surface area (TPSA) is 74.8 Å². The quantitative estimate of drug-likeness (QED) is 0.595. The summed E-state index contributed by atoms with van der Waals surface area (Å²) in [7, 11) is 1.47. The van der Waals surface area contributed by atoms with Gasteiger partial charge in [0.25, 0.3) is 23.6 Å². The molecule has 1 aliphatic carbocycles. The van der Waals surface area contributed by atoms with Crippen LogP contribution in [0.4, 0.5) is 0 Å². The van der Waals surface area contributed by atoms with Gasteiger partial charge >= 0.3 is 0 Å². The molecule has 176 valence electrons. The molecule has 6 nitrogen and oxygen atoms in total. The molecule has 2 aliphatic heterocycles. The van der Waals surface area contributed by atoms with Gasteiger partial charge in [-0.1, -0.05) is 46.2 Å². The first-order valence-electron chi connectivity index (χ1n) is 11.9. The Morgan fingerprint density at radius 3 is 1.85 bits per heavy atom. The normalized spacial score (nSPS) is 25.7. The Bertz CT molecular complexity index is 1280. The molecule has 0 radical (unpaired) electrons. The fourth-order valence-electron chi connectivity index (χ4n) is 6.34. The van der Waals surface area contributed by atoms with E-state index in [1.807, 2.05) is 0 Å². The summed E-state index contributed by atoms with van der Waals surface area (Å²) in [5.74, 6) is -1.11. The van der Waals surface area contributed by atoms with Crippen molar-refractivity contribution in [1.29, 1.82) is 0 Å². The van der Waals surface area contributed by atoms with Crippen molar-refractivity contribution in [2.75, 3.05) is 7.05 Å². The molecule has 2 unspecified atom stereocenters. The first-order chi connectivity index (χ1) is 15.9. The van der Waals surface area contributed by atoms with E-state index < -0.39 is 0 Å². The van der Waals surface area contributed by atoms with Crippen LogP contribution in [0.3, 0.4) is 0 Å². The van der Waals surface area contributed by atoms with Crippen molar-refractivity contribution in [2.24, 2.45) is 10.8 Å². The summed E-state index contributed by atoms with van der Waals surface area (Å²) in [4.78, 5) is 54.1. The third kappa shape index (κ3) is 3.30. The van der Waals surface area contributed by atoms with Crippen LogP contribution in [0.15, 0.2) is 36.4 Å². The molecule has 0 N–H and O–H groups in total. The van der Waals surface area contributed by atoms with Gasteiger partial charge in [0, 0.05) is 13.1 Å². The van der Waals surface area contributed by atoms with Gasteiger partial charge in [-0.05, 0) is 65.5 Å². The van der Waals surface area contributed by atoms with Crippen molar-refractivity contribution in [1.82, 2.24) is 9.80 Å². The molecular formula is C28H30N2O4. The lowest BCUT2D eigenvalue weighted by molar-refractivity contribution is 0.0171. The number of hydrogen-bond donors (Lipinski definition) is 0. The van der Waals surface area contributed by atoms with Gasteiger partial charge in [0.15, 0.2) is 0 Å². The largest absolute Gasteiger partial charge is 0.277 e. The van der Waals surface area contributed by atoms with E-state index in [-0.39, 0.29) is 40.5 Å². The highest BCUT2D eigenvalue weighted by Gasteiger charge is 2.48. The molecule has 4 amide bonds. The van der Waals surface area contributed by atoms with Crippen molar-refractivity contribution in [3.63, 3.8) is 0 Å². The van der Waals surface area contributed by atoms with Crippen LogP contribution in [-0.2, 0) is 0 Å². The van der Waals surface area contributed by atoms with Gasteiger partial charge in [0.05, 0.1) is 22.3 Å². The number of fused-ring (bicyclic) bond motifs is 2. The summed E-state index contributed by atoms with van der Waals surface area (Å²) in [6.07, 6.45) is 3.71. The highest BCUT2D eigenvalue weighted by atomic mass is 16.2. The van der Waals surface area contributed by atoms with Gasteiger partial charge in [-0.3, -0.25) is 29.0 Å². The fourth-order valence-corrected chi connectivity index (χ4v) is 6.34. The van der Waals surface area contributed by atoms with Crippen molar-refractivity contribution < 1.29 is 19.2 Å². The van der Waals surface area contributed by atoms with Crippen molar-refractivity contribution in [3.8, 4) is 11.1 Å². The molecule has 2 atom stereocenters. The van der Waals surface area contributed by atoms with Crippen LogP contribution in [0.5, 0.6) is 0 Å². The zero-order chi connectivity index (χ0) is 24.6. The molecule has 5 rings (SSSR count). The second-order valence-electron chi connectivity index (χ2n) is 11.2. The van der Waals surface area contributed by atoms with E-state index in [9.17, 15) is 19.2 Å². The maximum atomic E-state index is 13.5. The predicted molar refractivity (Wildman–Crippen MR) is 129 cm³/mol. The van der Waals surface area contributed by atoms with E-state index >= 15 is 0 Å². The van der Waals surface area contributed by atoms with E-state index in [2.05, 4.69) is 27.7 Å². The molecule has 0 aromatic heterocycles. The summed E-state index contributed by atoms with van der Waals surface area (Å²) >= 11 is 0. The van der Waals surface area contributed by atoms with Gasteiger partial charge in [-0.2, -0.15) is 0 Å². The summed E-state index contributed by atoms with van der Waals surface area (Å²) in [5.41, 5.74) is 3.19. The molecule has 1 saturated carbocycles. The van der Waals surface area contributed by atoms with Gasteiger partial charge < -0.3 is 0 Å². The maximum Gasteiger partial charge on any atom is 0.261 e. The van der Waals surface area contributed by atoms with E-state index in [0.717, 1.165) is 41.7 Å². The number of amides is 4. The first-order valence-corrected chi connectivity index (χ1v) is 11.9. The lowest BCUT2D eigenvalue weighted by Crippen LogP contribution is -2.49. The molecule has 1 fully saturated rings. The van der Waals surface area contributed by atoms with Crippen LogP contribution in [0.2, 0.25) is 0 Å². The van der Waals surface area contributed by atoms with Crippen molar-refractivity contribution in [3.05, 3.63) is 58.7 Å². The second kappa shape index (κ2) is 7.36. The lowest BCUT2D eigenvalue weighted by atomic mass is 9.61. The van der Waals surface area contributed by atoms with Crippen LogP contribution in [0.25, 0.3) is 11.1 Å². The average molecular weight is 459 g/mol. The van der Waals surface area contributed by atoms with E-state index in [1.165, 1.54) is 11.9 Å². The minimum absolute atomic E-state index is 0.0513. The SMILES string of the molecule is CCC1(C)CC(N2C(=O)c3ccc(-c4ccc5c(c4)C(=O)N(C)C5=O)cc3C2=O)CC(C)(C)C1. The smallest absolute Gasteiger partial charge is 0.261 e. The minimum Gasteiger partial charge on any atom is -0.277 e. The Morgan fingerprint density at radius 2 is 1.26 bits per heavy atom. The number of rotatable bonds is 3. The zero-order valence-electron chi connectivity index (χ0n) is 20.4. The van der Waals surface area contributed by atoms with Crippen LogP contribution in [0, 0.1) is 10.8 Å². The Labute approximate surface area is 199 Å². The second-order valence-corrected chi connectivity index (χ2v) is 11.2. The molecule has 2 aromatic rings. The summed E-state index contributed by atoms with van der Waals surface area (Å²) in [5, 5.41) is 0. The zero-order valence-corrected chi connectivity index (χ0v) is 20.4. The first kappa shape index (κ1) is 22.5.